The molecule has 0 heterocycles. The summed E-state index contributed by atoms with van der Waals surface area (Å²) in [5.74, 6) is -1.12. The molecule has 0 saturated heterocycles. The second-order valence-electron chi connectivity index (χ2n) is 2.20. The normalized spacial score (nSPS) is 11.0. The molecule has 0 aromatic heterocycles. The van der Waals surface area contributed by atoms with Crippen molar-refractivity contribution in [1.29, 1.82) is 0 Å². The molecule has 0 radical (unpaired) electrons. The van der Waals surface area contributed by atoms with Crippen LogP contribution in [0.4, 0.5) is 0 Å². The molecule has 0 aromatic rings. The largest absolute Gasteiger partial charge is 0.480 e. The quantitative estimate of drug-likeness (QED) is 0.528. The Morgan fingerprint density at radius 2 is 1.78 bits per heavy atom. The molecule has 0 rings (SSSR count). The van der Waals surface area contributed by atoms with E-state index in [0.29, 0.717) is 0 Å². The van der Waals surface area contributed by atoms with Crippen LogP contribution in [0.2, 0.25) is 0 Å². The summed E-state index contributed by atoms with van der Waals surface area (Å²) in [7, 11) is 0. The van der Waals surface area contributed by atoms with Crippen molar-refractivity contribution < 1.29 is 14.7 Å². The lowest BCUT2D eigenvalue weighted by atomic mass is 9.97. The van der Waals surface area contributed by atoms with Gasteiger partial charge >= 0.3 is 5.97 Å². The van der Waals surface area contributed by atoms with Gasteiger partial charge in [0, 0.05) is 0 Å². The van der Waals surface area contributed by atoms with Gasteiger partial charge in [-0.25, -0.2) is 0 Å². The Bertz CT molecular complexity index is 134. The van der Waals surface area contributed by atoms with Gasteiger partial charge in [0.1, 0.15) is 5.41 Å². The van der Waals surface area contributed by atoms with Crippen LogP contribution < -0.4 is 0 Å². The predicted molar refractivity (Wildman–Crippen MR) is 35.4 cm³/mol. The first kappa shape index (κ1) is 8.62. The minimum atomic E-state index is -1.31. The number of carboxylic acids is 1. The highest BCUT2D eigenvalue weighted by Gasteiger charge is 2.33. The summed E-state index contributed by atoms with van der Waals surface area (Å²) in [5.41, 5.74) is -1.31. The highest BCUT2D eigenvalue weighted by atomic mass is 79.9. The van der Waals surface area contributed by atoms with E-state index in [1.807, 2.05) is 0 Å². The molecule has 0 saturated carbocycles. The second-order valence-corrected chi connectivity index (χ2v) is 2.92. The predicted octanol–water partition coefficient (Wildman–Crippen LogP) is 1.02. The van der Waals surface area contributed by atoms with Crippen LogP contribution in [0.5, 0.6) is 0 Å². The molecule has 0 amide bonds. The summed E-state index contributed by atoms with van der Waals surface area (Å²) < 4.78 is -0.512. The van der Waals surface area contributed by atoms with Gasteiger partial charge in [-0.15, -0.1) is 0 Å². The van der Waals surface area contributed by atoms with Crippen LogP contribution in [0, 0.1) is 5.41 Å². The molecule has 0 fully saturated rings. The summed E-state index contributed by atoms with van der Waals surface area (Å²) in [6.07, 6.45) is 0. The van der Waals surface area contributed by atoms with Gasteiger partial charge in [0.05, 0.1) is 0 Å². The summed E-state index contributed by atoms with van der Waals surface area (Å²) in [4.78, 5) is 20.7. The second kappa shape index (κ2) is 2.47. The topological polar surface area (TPSA) is 54.4 Å². The standard InChI is InChI=1S/C5H7BrO3/c1-5(2,3(6)7)4(8)9/h1-2H3,(H,8,9). The van der Waals surface area contributed by atoms with Gasteiger partial charge < -0.3 is 5.11 Å². The van der Waals surface area contributed by atoms with Crippen molar-refractivity contribution in [3.05, 3.63) is 0 Å². The van der Waals surface area contributed by atoms with Crippen LogP contribution >= 0.6 is 15.9 Å². The van der Waals surface area contributed by atoms with Gasteiger partial charge in [0.25, 0.3) is 0 Å². The molecule has 0 aliphatic rings. The Morgan fingerprint density at radius 3 is 1.78 bits per heavy atom. The van der Waals surface area contributed by atoms with Gasteiger partial charge in [0.2, 0.25) is 4.69 Å². The van der Waals surface area contributed by atoms with Crippen molar-refractivity contribution in [2.45, 2.75) is 13.8 Å². The smallest absolute Gasteiger partial charge is 0.317 e. The third-order valence-corrected chi connectivity index (χ3v) is 2.02. The van der Waals surface area contributed by atoms with Crippen LogP contribution in [0.15, 0.2) is 0 Å². The number of hydrogen-bond donors (Lipinski definition) is 1. The minimum Gasteiger partial charge on any atom is -0.480 e. The van der Waals surface area contributed by atoms with Gasteiger partial charge in [-0.05, 0) is 29.8 Å². The van der Waals surface area contributed by atoms with Gasteiger partial charge in [-0.3, -0.25) is 9.59 Å². The molecular formula is C5H7BrO3. The van der Waals surface area contributed by atoms with E-state index in [1.54, 1.807) is 0 Å². The van der Waals surface area contributed by atoms with Gasteiger partial charge in [0.15, 0.2) is 0 Å². The Hall–Kier alpha value is -0.380. The average molecular weight is 195 g/mol. The van der Waals surface area contributed by atoms with Crippen molar-refractivity contribution >= 4 is 26.6 Å². The molecule has 0 spiro atoms. The number of carboxylic acid groups (broad SMARTS) is 1. The lowest BCUT2D eigenvalue weighted by molar-refractivity contribution is -0.149. The summed E-state index contributed by atoms with van der Waals surface area (Å²) in [5, 5.41) is 8.36. The van der Waals surface area contributed by atoms with E-state index in [2.05, 4.69) is 15.9 Å². The van der Waals surface area contributed by atoms with Crippen LogP contribution in [0.1, 0.15) is 13.8 Å². The first-order chi connectivity index (χ1) is 3.89. The molecule has 0 atom stereocenters. The molecule has 0 aromatic carbocycles. The molecule has 9 heavy (non-hydrogen) atoms. The monoisotopic (exact) mass is 194 g/mol. The summed E-state index contributed by atoms with van der Waals surface area (Å²) in [6.45, 7) is 2.68. The van der Waals surface area contributed by atoms with E-state index >= 15 is 0 Å². The fourth-order valence-corrected chi connectivity index (χ4v) is 0.254. The highest BCUT2D eigenvalue weighted by Crippen LogP contribution is 2.19. The van der Waals surface area contributed by atoms with Gasteiger partial charge in [-0.1, -0.05) is 0 Å². The van der Waals surface area contributed by atoms with Crippen LogP contribution in [0.25, 0.3) is 0 Å². The maximum absolute atomic E-state index is 10.4. The fourth-order valence-electron chi connectivity index (χ4n) is 0.0841. The third kappa shape index (κ3) is 1.78. The maximum atomic E-state index is 10.4. The SMILES string of the molecule is CC(C)(C(=O)O)C(=O)Br. The maximum Gasteiger partial charge on any atom is 0.317 e. The van der Waals surface area contributed by atoms with E-state index in [-0.39, 0.29) is 0 Å². The van der Waals surface area contributed by atoms with E-state index in [9.17, 15) is 9.59 Å². The Labute approximate surface area is 61.2 Å². The minimum absolute atomic E-state index is 0.512. The van der Waals surface area contributed by atoms with Crippen molar-refractivity contribution in [2.24, 2.45) is 5.41 Å². The molecular weight excluding hydrogens is 188 g/mol. The van der Waals surface area contributed by atoms with Gasteiger partial charge in [-0.2, -0.15) is 0 Å². The number of aliphatic carboxylic acids is 1. The van der Waals surface area contributed by atoms with Crippen molar-refractivity contribution in [2.75, 3.05) is 0 Å². The zero-order valence-corrected chi connectivity index (χ0v) is 6.73. The van der Waals surface area contributed by atoms with E-state index in [0.717, 1.165) is 0 Å². The van der Waals surface area contributed by atoms with Crippen molar-refractivity contribution in [3.63, 3.8) is 0 Å². The summed E-state index contributed by atoms with van der Waals surface area (Å²) >= 11 is 2.58. The van der Waals surface area contributed by atoms with Crippen LogP contribution in [-0.2, 0) is 9.59 Å². The highest BCUT2D eigenvalue weighted by molar-refractivity contribution is 9.18. The Kier molecular flexibility index (Phi) is 2.37. The lowest BCUT2D eigenvalue weighted by Gasteiger charge is -2.11. The Morgan fingerprint density at radius 1 is 1.44 bits per heavy atom. The zero-order valence-electron chi connectivity index (χ0n) is 5.14. The van der Waals surface area contributed by atoms with Crippen LogP contribution in [-0.4, -0.2) is 15.8 Å². The molecule has 4 heteroatoms. The first-order valence-corrected chi connectivity index (χ1v) is 3.11. The average Bonchev–Trinajstić information content (AvgIpc) is 1.65. The number of rotatable bonds is 2. The van der Waals surface area contributed by atoms with E-state index in [1.165, 1.54) is 13.8 Å². The van der Waals surface area contributed by atoms with Crippen molar-refractivity contribution in [1.82, 2.24) is 0 Å². The number of carbonyl (C=O) groups excluding carboxylic acids is 1. The lowest BCUT2D eigenvalue weighted by Crippen LogP contribution is -2.29. The summed E-state index contributed by atoms with van der Waals surface area (Å²) in [6, 6.07) is 0. The Balaban J connectivity index is 4.38. The van der Waals surface area contributed by atoms with Crippen molar-refractivity contribution in [3.8, 4) is 0 Å². The molecule has 1 N–H and O–H groups in total. The third-order valence-electron chi connectivity index (χ3n) is 1.03. The molecule has 0 aliphatic heterocycles. The first-order valence-electron chi connectivity index (χ1n) is 2.32. The molecule has 0 unspecified atom stereocenters. The number of halogens is 1. The zero-order chi connectivity index (χ0) is 7.65. The number of carbonyl (C=O) groups is 2. The molecule has 3 nitrogen and oxygen atoms in total. The van der Waals surface area contributed by atoms with E-state index in [4.69, 9.17) is 5.11 Å². The molecule has 0 bridgehead atoms. The molecule has 52 valence electrons. The molecule has 0 aliphatic carbocycles. The number of hydrogen-bond acceptors (Lipinski definition) is 2. The van der Waals surface area contributed by atoms with E-state index < -0.39 is 16.1 Å². The van der Waals surface area contributed by atoms with Crippen LogP contribution in [0.3, 0.4) is 0 Å². The fraction of sp³-hybridized carbons (Fsp3) is 0.600.